The summed E-state index contributed by atoms with van der Waals surface area (Å²) in [6, 6.07) is 1.66. The summed E-state index contributed by atoms with van der Waals surface area (Å²) in [6.07, 6.45) is 11.4. The zero-order valence-corrected chi connectivity index (χ0v) is 25.5. The maximum atomic E-state index is 13.5. The molecular formula is C27H43N5O3Si2. The van der Waals surface area contributed by atoms with Crippen LogP contribution in [0.4, 0.5) is 5.69 Å². The molecule has 0 aliphatic carbocycles. The van der Waals surface area contributed by atoms with E-state index in [0.717, 1.165) is 25.7 Å². The number of nitrogens with zero attached hydrogens (tertiary/aromatic N) is 4. The van der Waals surface area contributed by atoms with Crippen molar-refractivity contribution in [1.29, 1.82) is 0 Å². The fourth-order valence-corrected chi connectivity index (χ4v) is 5.79. The van der Waals surface area contributed by atoms with E-state index in [4.69, 9.17) is 5.73 Å². The van der Waals surface area contributed by atoms with E-state index in [9.17, 15) is 14.4 Å². The number of carbonyl (C=O) groups is 1. The third-order valence-corrected chi connectivity index (χ3v) is 15.8. The summed E-state index contributed by atoms with van der Waals surface area (Å²) >= 11 is 0. The second-order valence-electron chi connectivity index (χ2n) is 12.7. The minimum atomic E-state index is -2.40. The van der Waals surface area contributed by atoms with Gasteiger partial charge in [-0.05, 0) is 68.0 Å². The number of hydrogen-bond donors (Lipinski definition) is 3. The van der Waals surface area contributed by atoms with Crippen LogP contribution in [-0.2, 0) is 0 Å². The van der Waals surface area contributed by atoms with E-state index in [1.54, 1.807) is 12.3 Å². The Labute approximate surface area is 222 Å². The molecule has 0 aliphatic rings. The molecule has 37 heavy (non-hydrogen) atoms. The molecule has 0 atom stereocenters. The van der Waals surface area contributed by atoms with E-state index in [2.05, 4.69) is 47.2 Å². The maximum absolute atomic E-state index is 13.5. The molecule has 3 heterocycles. The molecule has 0 aliphatic heterocycles. The lowest BCUT2D eigenvalue weighted by Crippen LogP contribution is -2.40. The highest BCUT2D eigenvalue weighted by molar-refractivity contribution is 6.73. The molecule has 0 radical (unpaired) electrons. The number of anilines is 1. The first kappa shape index (κ1) is 29.2. The van der Waals surface area contributed by atoms with Crippen molar-refractivity contribution in [3.63, 3.8) is 0 Å². The van der Waals surface area contributed by atoms with Gasteiger partial charge in [0, 0.05) is 41.8 Å². The van der Waals surface area contributed by atoms with Gasteiger partial charge in [-0.2, -0.15) is 0 Å². The van der Waals surface area contributed by atoms with Gasteiger partial charge in [0.2, 0.25) is 0 Å². The van der Waals surface area contributed by atoms with Gasteiger partial charge in [0.15, 0.2) is 22.4 Å². The zero-order valence-electron chi connectivity index (χ0n) is 23.5. The van der Waals surface area contributed by atoms with E-state index >= 15 is 0 Å². The Bertz CT molecular complexity index is 1230. The minimum Gasteiger partial charge on any atom is -0.432 e. The first-order valence-corrected chi connectivity index (χ1v) is 18.8. The molecule has 0 saturated carbocycles. The van der Waals surface area contributed by atoms with E-state index in [1.165, 1.54) is 18.7 Å². The quantitative estimate of drug-likeness (QED) is 0.210. The van der Waals surface area contributed by atoms with Gasteiger partial charge < -0.3 is 19.9 Å². The van der Waals surface area contributed by atoms with Crippen LogP contribution in [0.5, 0.6) is 0 Å². The average Bonchev–Trinajstić information content (AvgIpc) is 3.16. The molecule has 4 N–H and O–H groups in total. The molecule has 8 nitrogen and oxygen atoms in total. The number of ketones is 1. The van der Waals surface area contributed by atoms with Crippen LogP contribution in [0, 0.1) is 0 Å². The number of nitrogens with two attached hydrogens (primary N) is 1. The lowest BCUT2D eigenvalue weighted by molar-refractivity contribution is 0.103. The van der Waals surface area contributed by atoms with Crippen molar-refractivity contribution in [2.75, 3.05) is 5.73 Å². The number of nitrogen functional groups attached to an aromatic ring is 1. The Morgan fingerprint density at radius 3 is 2.05 bits per heavy atom. The van der Waals surface area contributed by atoms with Crippen molar-refractivity contribution < 1.29 is 14.4 Å². The van der Waals surface area contributed by atoms with Gasteiger partial charge in [0.05, 0.1) is 11.3 Å². The third kappa shape index (κ3) is 6.36. The van der Waals surface area contributed by atoms with Crippen molar-refractivity contribution >= 4 is 39.1 Å². The Hall–Kier alpha value is -2.41. The van der Waals surface area contributed by atoms with Crippen molar-refractivity contribution in [2.45, 2.75) is 95.7 Å². The monoisotopic (exact) mass is 541 g/mol. The number of aromatic nitrogens is 4. The molecule has 3 aromatic heterocycles. The molecule has 3 rings (SSSR count). The molecular weight excluding hydrogens is 499 g/mol. The molecule has 0 unspecified atom stereocenters. The number of rotatable bonds is 11. The van der Waals surface area contributed by atoms with Crippen LogP contribution >= 0.6 is 0 Å². The Morgan fingerprint density at radius 2 is 1.54 bits per heavy atom. The van der Waals surface area contributed by atoms with Crippen molar-refractivity contribution in [1.82, 2.24) is 19.5 Å². The molecule has 10 heteroatoms. The van der Waals surface area contributed by atoms with Crippen LogP contribution < -0.4 is 5.73 Å². The first-order valence-electron chi connectivity index (χ1n) is 13.0. The van der Waals surface area contributed by atoms with Crippen LogP contribution in [0.3, 0.4) is 0 Å². The first-order chi connectivity index (χ1) is 16.9. The summed E-state index contributed by atoms with van der Waals surface area (Å²) in [4.78, 5) is 48.2. The zero-order chi connectivity index (χ0) is 27.8. The Balaban J connectivity index is 2.06. The van der Waals surface area contributed by atoms with Gasteiger partial charge in [0.25, 0.3) is 0 Å². The fraction of sp³-hybridized carbons (Fsp3) is 0.556. The number of hydrogen-bond acceptors (Lipinski definition) is 7. The van der Waals surface area contributed by atoms with Gasteiger partial charge in [-0.25, -0.2) is 9.97 Å². The third-order valence-electron chi connectivity index (χ3n) is 8.67. The molecule has 3 aromatic rings. The lowest BCUT2D eigenvalue weighted by atomic mass is 9.95. The standard InChI is InChI=1S/C27H43N5O3Si2/c1-26(2,36(5,6)34)11-9-21(10-12-27(3,4)37(7,8)35)32-17-23(22-16-30-18-31-25(22)32)24(33)19-13-20(28)15-29-14-19/h13-18,21,34-35H,9-12,28H2,1-8H3. The van der Waals surface area contributed by atoms with Gasteiger partial charge in [-0.1, -0.05) is 27.7 Å². The van der Waals surface area contributed by atoms with Crippen LogP contribution in [0.1, 0.15) is 75.3 Å². The molecule has 0 aromatic carbocycles. The number of carbonyl (C=O) groups excluding carboxylic acids is 1. The largest absolute Gasteiger partial charge is 0.432 e. The van der Waals surface area contributed by atoms with E-state index in [-0.39, 0.29) is 21.9 Å². The normalized spacial score (nSPS) is 13.5. The Morgan fingerprint density at radius 1 is 0.973 bits per heavy atom. The SMILES string of the molecule is CC(C)(CCC(CCC(C)(C)[Si](C)(C)O)n1cc(C(=O)c2cncc(N)c2)c2cncnc21)[Si](C)(C)O. The highest BCUT2D eigenvalue weighted by atomic mass is 28.4. The summed E-state index contributed by atoms with van der Waals surface area (Å²) in [7, 11) is -4.80. The highest BCUT2D eigenvalue weighted by Gasteiger charge is 2.40. The highest BCUT2D eigenvalue weighted by Crippen LogP contribution is 2.45. The summed E-state index contributed by atoms with van der Waals surface area (Å²) in [5.74, 6) is -0.175. The van der Waals surface area contributed by atoms with Gasteiger partial charge in [-0.15, -0.1) is 0 Å². The van der Waals surface area contributed by atoms with Gasteiger partial charge >= 0.3 is 0 Å². The predicted octanol–water partition coefficient (Wildman–Crippen LogP) is 5.70. The average molecular weight is 542 g/mol. The van der Waals surface area contributed by atoms with Crippen molar-refractivity contribution in [3.05, 3.63) is 48.3 Å². The second kappa shape index (κ2) is 10.4. The van der Waals surface area contributed by atoms with E-state index in [1.807, 2.05) is 32.4 Å². The summed E-state index contributed by atoms with van der Waals surface area (Å²) in [5, 5.41) is 0.317. The number of pyridine rings is 1. The molecule has 202 valence electrons. The summed E-state index contributed by atoms with van der Waals surface area (Å²) < 4.78 is 2.11. The molecule has 0 fully saturated rings. The summed E-state index contributed by atoms with van der Waals surface area (Å²) in [6.45, 7) is 16.5. The lowest BCUT2D eigenvalue weighted by Gasteiger charge is -2.38. The second-order valence-corrected chi connectivity index (χ2v) is 21.6. The Kier molecular flexibility index (Phi) is 8.19. The fourth-order valence-electron chi connectivity index (χ4n) is 4.27. The van der Waals surface area contributed by atoms with Crippen molar-refractivity contribution in [3.8, 4) is 0 Å². The van der Waals surface area contributed by atoms with Gasteiger partial charge in [-0.3, -0.25) is 9.78 Å². The minimum absolute atomic E-state index is 0.0316. The van der Waals surface area contributed by atoms with E-state index < -0.39 is 16.6 Å². The molecule has 0 bridgehead atoms. The topological polar surface area (TPSA) is 127 Å². The van der Waals surface area contributed by atoms with Crippen LogP contribution in [0.25, 0.3) is 11.0 Å². The van der Waals surface area contributed by atoms with Crippen LogP contribution in [-0.4, -0.2) is 51.5 Å². The van der Waals surface area contributed by atoms with Crippen LogP contribution in [0.15, 0.2) is 37.2 Å². The number of fused-ring (bicyclic) bond motifs is 1. The molecule has 0 spiro atoms. The van der Waals surface area contributed by atoms with Crippen LogP contribution in [0.2, 0.25) is 36.3 Å². The molecule has 0 saturated heterocycles. The summed E-state index contributed by atoms with van der Waals surface area (Å²) in [5.41, 5.74) is 7.96. The van der Waals surface area contributed by atoms with Gasteiger partial charge in [0.1, 0.15) is 12.0 Å². The predicted molar refractivity (Wildman–Crippen MR) is 155 cm³/mol. The smallest absolute Gasteiger partial charge is 0.196 e. The van der Waals surface area contributed by atoms with E-state index in [0.29, 0.717) is 27.8 Å². The maximum Gasteiger partial charge on any atom is 0.196 e. The molecule has 0 amide bonds. The van der Waals surface area contributed by atoms with Crippen molar-refractivity contribution in [2.24, 2.45) is 0 Å².